The first-order valence-corrected chi connectivity index (χ1v) is 8.00. The van der Waals surface area contributed by atoms with Crippen LogP contribution in [0, 0.1) is 17.2 Å². The van der Waals surface area contributed by atoms with Gasteiger partial charge in [-0.2, -0.15) is 10.4 Å². The van der Waals surface area contributed by atoms with Crippen LogP contribution < -0.4 is 10.2 Å². The van der Waals surface area contributed by atoms with E-state index in [1.54, 1.807) is 12.3 Å². The summed E-state index contributed by atoms with van der Waals surface area (Å²) in [7, 11) is 0. The topological polar surface area (TPSA) is 77.7 Å². The van der Waals surface area contributed by atoms with E-state index in [4.69, 9.17) is 5.26 Å². The number of anilines is 2. The molecule has 0 spiro atoms. The minimum absolute atomic E-state index is 0.581. The summed E-state index contributed by atoms with van der Waals surface area (Å²) >= 11 is 0. The highest BCUT2D eigenvalue weighted by Gasteiger charge is 2.29. The third-order valence-corrected chi connectivity index (χ3v) is 4.41. The zero-order valence-electron chi connectivity index (χ0n) is 12.8. The van der Waals surface area contributed by atoms with Crippen molar-refractivity contribution < 1.29 is 0 Å². The van der Waals surface area contributed by atoms with Gasteiger partial charge in [0.2, 0.25) is 0 Å². The van der Waals surface area contributed by atoms with Crippen LogP contribution in [-0.2, 0) is 0 Å². The lowest BCUT2D eigenvalue weighted by Gasteiger charge is -2.40. The molecule has 0 radical (unpaired) electrons. The Morgan fingerprint density at radius 2 is 2.04 bits per heavy atom. The molecule has 116 valence electrons. The van der Waals surface area contributed by atoms with Crippen LogP contribution in [0.3, 0.4) is 0 Å². The van der Waals surface area contributed by atoms with Crippen molar-refractivity contribution >= 4 is 11.6 Å². The minimum atomic E-state index is 0.581. The highest BCUT2D eigenvalue weighted by molar-refractivity contribution is 5.43. The van der Waals surface area contributed by atoms with Crippen LogP contribution in [0.5, 0.6) is 0 Å². The minimum Gasteiger partial charge on any atom is -0.370 e. The Morgan fingerprint density at radius 3 is 2.65 bits per heavy atom. The Bertz CT molecular complexity index is 708. The molecule has 0 bridgehead atoms. The Morgan fingerprint density at radius 1 is 1.17 bits per heavy atom. The van der Waals surface area contributed by atoms with Crippen LogP contribution in [0.2, 0.25) is 0 Å². The molecule has 0 atom stereocenters. The van der Waals surface area contributed by atoms with Crippen molar-refractivity contribution in [2.75, 3.05) is 29.9 Å². The largest absolute Gasteiger partial charge is 0.370 e. The average Bonchev–Trinajstić information content (AvgIpc) is 3.39. The van der Waals surface area contributed by atoms with E-state index in [1.165, 1.54) is 12.8 Å². The summed E-state index contributed by atoms with van der Waals surface area (Å²) in [4.78, 5) is 6.47. The Labute approximate surface area is 135 Å². The highest BCUT2D eigenvalue weighted by atomic mass is 15.3. The number of rotatable bonds is 5. The molecule has 2 aromatic rings. The smallest absolute Gasteiger partial charge is 0.151 e. The van der Waals surface area contributed by atoms with E-state index in [1.807, 2.05) is 6.07 Å². The van der Waals surface area contributed by atoms with Gasteiger partial charge in [0.15, 0.2) is 5.82 Å². The van der Waals surface area contributed by atoms with Crippen molar-refractivity contribution in [2.45, 2.75) is 18.8 Å². The molecule has 1 aliphatic heterocycles. The summed E-state index contributed by atoms with van der Waals surface area (Å²) in [5.41, 5.74) is 1.72. The van der Waals surface area contributed by atoms with Crippen molar-refractivity contribution in [1.29, 1.82) is 5.26 Å². The van der Waals surface area contributed by atoms with Crippen molar-refractivity contribution in [2.24, 2.45) is 5.92 Å². The third kappa shape index (κ3) is 3.09. The second kappa shape index (κ2) is 5.84. The number of nitrogens with one attached hydrogen (secondary N) is 1. The molecule has 2 aliphatic rings. The summed E-state index contributed by atoms with van der Waals surface area (Å²) in [5, 5.41) is 20.8. The van der Waals surface area contributed by atoms with Gasteiger partial charge in [-0.1, -0.05) is 0 Å². The van der Waals surface area contributed by atoms with E-state index >= 15 is 0 Å². The summed E-state index contributed by atoms with van der Waals surface area (Å²) in [6.07, 6.45) is 4.11. The Balaban J connectivity index is 1.25. The number of hydrogen-bond acceptors (Lipinski definition) is 6. The molecule has 4 rings (SSSR count). The first kappa shape index (κ1) is 13.9. The van der Waals surface area contributed by atoms with E-state index in [0.717, 1.165) is 37.0 Å². The maximum Gasteiger partial charge on any atom is 0.151 e. The van der Waals surface area contributed by atoms with E-state index < -0.39 is 0 Å². The van der Waals surface area contributed by atoms with E-state index in [9.17, 15) is 0 Å². The quantitative estimate of drug-likeness (QED) is 0.912. The zero-order valence-corrected chi connectivity index (χ0v) is 12.8. The van der Waals surface area contributed by atoms with Crippen LogP contribution in [0.4, 0.5) is 11.6 Å². The highest BCUT2D eigenvalue weighted by Crippen LogP contribution is 2.38. The lowest BCUT2D eigenvalue weighted by atomic mass is 10.0. The van der Waals surface area contributed by atoms with Gasteiger partial charge in [-0.15, -0.1) is 5.10 Å². The lowest BCUT2D eigenvalue weighted by molar-refractivity contribution is 0.425. The molecule has 3 heterocycles. The molecule has 2 aromatic heterocycles. The summed E-state index contributed by atoms with van der Waals surface area (Å²) < 4.78 is 0. The standard InChI is InChI=1S/C17H18N6/c18-7-12-1-5-16(19-8-12)20-9-13-10-23(11-13)17-6-4-15(21-22-17)14-2-3-14/h1,4-6,8,13-14H,2-3,9-11H2,(H,19,20). The summed E-state index contributed by atoms with van der Waals surface area (Å²) in [5.74, 6) is 3.03. The van der Waals surface area contributed by atoms with Crippen LogP contribution in [0.15, 0.2) is 30.5 Å². The van der Waals surface area contributed by atoms with E-state index in [2.05, 4.69) is 43.6 Å². The van der Waals surface area contributed by atoms with Gasteiger partial charge in [0.1, 0.15) is 11.9 Å². The molecule has 1 saturated carbocycles. The maximum absolute atomic E-state index is 8.76. The van der Waals surface area contributed by atoms with Gasteiger partial charge < -0.3 is 10.2 Å². The van der Waals surface area contributed by atoms with Gasteiger partial charge in [0.05, 0.1) is 11.3 Å². The Kier molecular flexibility index (Phi) is 3.54. The predicted octanol–water partition coefficient (Wildman–Crippen LogP) is 2.17. The normalized spacial score (nSPS) is 17.4. The van der Waals surface area contributed by atoms with Crippen molar-refractivity contribution in [3.63, 3.8) is 0 Å². The molecule has 0 unspecified atom stereocenters. The number of nitrogens with zero attached hydrogens (tertiary/aromatic N) is 5. The summed E-state index contributed by atoms with van der Waals surface area (Å²) in [6.45, 7) is 2.85. The first-order chi connectivity index (χ1) is 11.3. The molecule has 2 fully saturated rings. The van der Waals surface area contributed by atoms with E-state index in [0.29, 0.717) is 17.4 Å². The van der Waals surface area contributed by atoms with Crippen molar-refractivity contribution in [3.05, 3.63) is 41.7 Å². The van der Waals surface area contributed by atoms with Gasteiger partial charge >= 0.3 is 0 Å². The SMILES string of the molecule is N#Cc1ccc(NCC2CN(c3ccc(C4CC4)nn3)C2)nc1. The fourth-order valence-electron chi connectivity index (χ4n) is 2.80. The van der Waals surface area contributed by atoms with Gasteiger partial charge in [0, 0.05) is 37.7 Å². The average molecular weight is 306 g/mol. The van der Waals surface area contributed by atoms with Gasteiger partial charge in [-0.25, -0.2) is 4.98 Å². The maximum atomic E-state index is 8.76. The molecule has 23 heavy (non-hydrogen) atoms. The van der Waals surface area contributed by atoms with Crippen molar-refractivity contribution in [3.8, 4) is 6.07 Å². The molecule has 6 heteroatoms. The predicted molar refractivity (Wildman–Crippen MR) is 87.2 cm³/mol. The number of pyridine rings is 1. The second-order valence-electron chi connectivity index (χ2n) is 6.29. The van der Waals surface area contributed by atoms with Crippen LogP contribution >= 0.6 is 0 Å². The van der Waals surface area contributed by atoms with Crippen molar-refractivity contribution in [1.82, 2.24) is 15.2 Å². The molecule has 1 N–H and O–H groups in total. The van der Waals surface area contributed by atoms with Gasteiger partial charge in [-0.05, 0) is 37.1 Å². The summed E-state index contributed by atoms with van der Waals surface area (Å²) in [6, 6.07) is 9.90. The van der Waals surface area contributed by atoms with Crippen LogP contribution in [0.25, 0.3) is 0 Å². The van der Waals surface area contributed by atoms with Gasteiger partial charge in [-0.3, -0.25) is 0 Å². The fourth-order valence-corrected chi connectivity index (χ4v) is 2.80. The molecule has 1 aliphatic carbocycles. The van der Waals surface area contributed by atoms with Gasteiger partial charge in [0.25, 0.3) is 0 Å². The second-order valence-corrected chi connectivity index (χ2v) is 6.29. The van der Waals surface area contributed by atoms with Crippen LogP contribution in [-0.4, -0.2) is 34.8 Å². The molecule has 6 nitrogen and oxygen atoms in total. The molecular weight excluding hydrogens is 288 g/mol. The van der Waals surface area contributed by atoms with Crippen LogP contribution in [0.1, 0.15) is 30.0 Å². The number of hydrogen-bond donors (Lipinski definition) is 1. The first-order valence-electron chi connectivity index (χ1n) is 8.00. The fraction of sp³-hybridized carbons (Fsp3) is 0.412. The number of nitriles is 1. The number of aromatic nitrogens is 3. The van der Waals surface area contributed by atoms with E-state index in [-0.39, 0.29) is 0 Å². The zero-order chi connectivity index (χ0) is 15.6. The molecular formula is C17H18N6. The molecule has 1 saturated heterocycles. The lowest BCUT2D eigenvalue weighted by Crippen LogP contribution is -2.50. The molecule has 0 amide bonds. The third-order valence-electron chi connectivity index (χ3n) is 4.41. The monoisotopic (exact) mass is 306 g/mol. The Hall–Kier alpha value is -2.68. The molecule has 0 aromatic carbocycles.